The molecule has 3 atom stereocenters. The maximum absolute atomic E-state index is 12.9. The first kappa shape index (κ1) is 25.5. The van der Waals surface area contributed by atoms with Gasteiger partial charge in [-0.25, -0.2) is 0 Å². The quantitative estimate of drug-likeness (QED) is 0.418. The molecule has 3 aromatic carbocycles. The van der Waals surface area contributed by atoms with E-state index in [1.54, 1.807) is 0 Å². The molecule has 1 fully saturated rings. The number of aryl methyl sites for hydroxylation is 1. The summed E-state index contributed by atoms with van der Waals surface area (Å²) in [6.07, 6.45) is 3.26. The molecule has 3 aromatic rings. The Kier molecular flexibility index (Phi) is 8.22. The van der Waals surface area contributed by atoms with Crippen LogP contribution in [0.4, 0.5) is 0 Å². The van der Waals surface area contributed by atoms with Crippen LogP contribution in [0.3, 0.4) is 0 Å². The smallest absolute Gasteiger partial charge is 0.261 e. The Morgan fingerprint density at radius 3 is 2.73 bits per heavy atom. The van der Waals surface area contributed by atoms with Crippen molar-refractivity contribution >= 4 is 5.91 Å². The zero-order chi connectivity index (χ0) is 25.6. The van der Waals surface area contributed by atoms with Crippen LogP contribution in [-0.2, 0) is 22.5 Å². The topological polar surface area (TPSA) is 50.8 Å². The number of carbonyl (C=O) groups excluding carboxylic acids is 1. The van der Waals surface area contributed by atoms with E-state index in [4.69, 9.17) is 9.47 Å². The first-order chi connectivity index (χ1) is 18.1. The molecule has 0 radical (unpaired) electrons. The lowest BCUT2D eigenvalue weighted by atomic mass is 9.87. The second-order valence-electron chi connectivity index (χ2n) is 10.3. The normalized spacial score (nSPS) is 20.3. The van der Waals surface area contributed by atoms with Gasteiger partial charge in [0, 0.05) is 26.2 Å². The van der Waals surface area contributed by atoms with Crippen LogP contribution >= 0.6 is 0 Å². The highest BCUT2D eigenvalue weighted by molar-refractivity contribution is 5.81. The Labute approximate surface area is 220 Å². The molecule has 0 bridgehead atoms. The molecule has 1 N–H and O–H groups in total. The van der Waals surface area contributed by atoms with Gasteiger partial charge in [0.1, 0.15) is 5.75 Å². The summed E-state index contributed by atoms with van der Waals surface area (Å²) in [5.41, 5.74) is 6.49. The van der Waals surface area contributed by atoms with Crippen LogP contribution in [0.15, 0.2) is 72.8 Å². The monoisotopic (exact) mass is 498 g/mol. The molecule has 5 rings (SSSR count). The summed E-state index contributed by atoms with van der Waals surface area (Å²) in [6, 6.07) is 26.0. The average Bonchev–Trinajstić information content (AvgIpc) is 3.44. The van der Waals surface area contributed by atoms with Crippen molar-refractivity contribution in [2.24, 2.45) is 0 Å². The van der Waals surface area contributed by atoms with Crippen LogP contribution in [0, 0.1) is 6.92 Å². The number of rotatable bonds is 9. The predicted molar refractivity (Wildman–Crippen MR) is 147 cm³/mol. The fraction of sp³-hybridized carbons (Fsp3) is 0.406. The SMILES string of the molecule is CC[C@H](Oc1ccc2c(c1)[C@H](c1ccccc1)N(Cc1cccc(C)c1)CC2)C(=O)NC[C@@H]1CCCO1. The summed E-state index contributed by atoms with van der Waals surface area (Å²) in [6.45, 7) is 7.35. The summed E-state index contributed by atoms with van der Waals surface area (Å²) < 4.78 is 11.9. The number of nitrogens with one attached hydrogen (secondary N) is 1. The van der Waals surface area contributed by atoms with Crippen molar-refractivity contribution in [2.45, 2.75) is 64.3 Å². The van der Waals surface area contributed by atoms with E-state index in [-0.39, 0.29) is 18.1 Å². The fourth-order valence-electron chi connectivity index (χ4n) is 5.58. The van der Waals surface area contributed by atoms with E-state index >= 15 is 0 Å². The minimum atomic E-state index is -0.526. The third-order valence-corrected chi connectivity index (χ3v) is 7.50. The third-order valence-electron chi connectivity index (χ3n) is 7.50. The van der Waals surface area contributed by atoms with Gasteiger partial charge in [0.25, 0.3) is 5.91 Å². The number of benzene rings is 3. The van der Waals surface area contributed by atoms with E-state index in [0.717, 1.165) is 44.7 Å². The van der Waals surface area contributed by atoms with Gasteiger partial charge in [-0.2, -0.15) is 0 Å². The lowest BCUT2D eigenvalue weighted by Gasteiger charge is -2.38. The molecule has 0 aliphatic carbocycles. The molecule has 2 aliphatic rings. The van der Waals surface area contributed by atoms with E-state index in [9.17, 15) is 4.79 Å². The van der Waals surface area contributed by atoms with Crippen LogP contribution in [0.1, 0.15) is 60.0 Å². The number of ether oxygens (including phenoxy) is 2. The molecular weight excluding hydrogens is 460 g/mol. The number of hydrogen-bond donors (Lipinski definition) is 1. The second-order valence-corrected chi connectivity index (χ2v) is 10.3. The fourth-order valence-corrected chi connectivity index (χ4v) is 5.58. The van der Waals surface area contributed by atoms with Crippen molar-refractivity contribution in [1.82, 2.24) is 10.2 Å². The summed E-state index contributed by atoms with van der Waals surface area (Å²) >= 11 is 0. The first-order valence-corrected chi connectivity index (χ1v) is 13.6. The van der Waals surface area contributed by atoms with E-state index in [0.29, 0.717) is 13.0 Å². The van der Waals surface area contributed by atoms with Gasteiger partial charge in [-0.05, 0) is 67.0 Å². The van der Waals surface area contributed by atoms with Gasteiger partial charge in [-0.1, -0.05) is 73.2 Å². The van der Waals surface area contributed by atoms with Gasteiger partial charge >= 0.3 is 0 Å². The van der Waals surface area contributed by atoms with Gasteiger partial charge in [0.2, 0.25) is 0 Å². The van der Waals surface area contributed by atoms with E-state index in [1.807, 2.05) is 13.0 Å². The van der Waals surface area contributed by atoms with Crippen molar-refractivity contribution < 1.29 is 14.3 Å². The second kappa shape index (κ2) is 11.9. The van der Waals surface area contributed by atoms with Gasteiger partial charge in [-0.3, -0.25) is 9.69 Å². The lowest BCUT2D eigenvalue weighted by molar-refractivity contribution is -0.128. The lowest BCUT2D eigenvalue weighted by Crippen LogP contribution is -2.41. The van der Waals surface area contributed by atoms with Gasteiger partial charge in [0.15, 0.2) is 6.10 Å². The molecule has 2 aliphatic heterocycles. The molecule has 0 aromatic heterocycles. The third kappa shape index (κ3) is 6.23. The zero-order valence-corrected chi connectivity index (χ0v) is 22.0. The Bertz CT molecular complexity index is 1190. The van der Waals surface area contributed by atoms with Crippen molar-refractivity contribution in [3.63, 3.8) is 0 Å². The maximum atomic E-state index is 12.9. The van der Waals surface area contributed by atoms with E-state index in [2.05, 4.69) is 83.9 Å². The number of nitrogens with zero attached hydrogens (tertiary/aromatic N) is 1. The highest BCUT2D eigenvalue weighted by Crippen LogP contribution is 2.38. The first-order valence-electron chi connectivity index (χ1n) is 13.6. The highest BCUT2D eigenvalue weighted by Gasteiger charge is 2.30. The summed E-state index contributed by atoms with van der Waals surface area (Å²) in [5, 5.41) is 3.03. The minimum absolute atomic E-state index is 0.0728. The number of hydrogen-bond acceptors (Lipinski definition) is 4. The number of amides is 1. The van der Waals surface area contributed by atoms with Crippen molar-refractivity contribution in [3.8, 4) is 5.75 Å². The van der Waals surface area contributed by atoms with Gasteiger partial charge < -0.3 is 14.8 Å². The summed E-state index contributed by atoms with van der Waals surface area (Å²) in [5.74, 6) is 0.674. The van der Waals surface area contributed by atoms with E-state index < -0.39 is 6.10 Å². The Hall–Kier alpha value is -3.15. The molecule has 2 heterocycles. The molecule has 0 unspecified atom stereocenters. The minimum Gasteiger partial charge on any atom is -0.481 e. The molecule has 5 heteroatoms. The van der Waals surface area contributed by atoms with Crippen LogP contribution in [0.5, 0.6) is 5.75 Å². The standard InChI is InChI=1S/C32H38N2O3/c1-3-30(32(35)33-21-28-13-8-18-36-28)37-27-15-14-25-16-17-34(22-24-10-7-9-23(2)19-24)31(29(25)20-27)26-11-5-4-6-12-26/h4-7,9-12,14-15,19-20,28,30-31H,3,8,13,16-18,21-22H2,1-2H3,(H,33,35)/t28-,30-,31-/m0/s1. The van der Waals surface area contributed by atoms with Gasteiger partial charge in [-0.15, -0.1) is 0 Å². The summed E-state index contributed by atoms with van der Waals surface area (Å²) in [7, 11) is 0. The average molecular weight is 499 g/mol. The molecule has 37 heavy (non-hydrogen) atoms. The molecule has 1 amide bonds. The predicted octanol–water partition coefficient (Wildman–Crippen LogP) is 5.60. The van der Waals surface area contributed by atoms with Crippen molar-refractivity contribution in [2.75, 3.05) is 19.7 Å². The summed E-state index contributed by atoms with van der Waals surface area (Å²) in [4.78, 5) is 15.5. The van der Waals surface area contributed by atoms with Crippen LogP contribution in [0.25, 0.3) is 0 Å². The maximum Gasteiger partial charge on any atom is 0.261 e. The largest absolute Gasteiger partial charge is 0.481 e. The number of carbonyl (C=O) groups is 1. The molecular formula is C32H38N2O3. The van der Waals surface area contributed by atoms with Crippen LogP contribution < -0.4 is 10.1 Å². The van der Waals surface area contributed by atoms with Crippen LogP contribution in [0.2, 0.25) is 0 Å². The van der Waals surface area contributed by atoms with Crippen molar-refractivity contribution in [3.05, 3.63) is 101 Å². The molecule has 194 valence electrons. The molecule has 1 saturated heterocycles. The van der Waals surface area contributed by atoms with Crippen molar-refractivity contribution in [1.29, 1.82) is 0 Å². The number of fused-ring (bicyclic) bond motifs is 1. The molecule has 0 spiro atoms. The Morgan fingerprint density at radius 1 is 1.11 bits per heavy atom. The molecule has 0 saturated carbocycles. The van der Waals surface area contributed by atoms with Gasteiger partial charge in [0.05, 0.1) is 12.1 Å². The Balaban J connectivity index is 1.38. The highest BCUT2D eigenvalue weighted by atomic mass is 16.5. The van der Waals surface area contributed by atoms with Crippen LogP contribution in [-0.4, -0.2) is 42.7 Å². The molecule has 5 nitrogen and oxygen atoms in total. The Morgan fingerprint density at radius 2 is 1.97 bits per heavy atom. The van der Waals surface area contributed by atoms with E-state index in [1.165, 1.54) is 27.8 Å². The zero-order valence-electron chi connectivity index (χ0n) is 22.0.